The fourth-order valence-electron chi connectivity index (χ4n) is 4.99. The van der Waals surface area contributed by atoms with E-state index in [2.05, 4.69) is 96.1 Å². The quantitative estimate of drug-likeness (QED) is 0.643. The summed E-state index contributed by atoms with van der Waals surface area (Å²) in [5, 5.41) is 2.05. The summed E-state index contributed by atoms with van der Waals surface area (Å²) in [5.41, 5.74) is 8.48. The zero-order valence-corrected chi connectivity index (χ0v) is 17.4. The first kappa shape index (κ1) is 17.6. The van der Waals surface area contributed by atoms with E-state index in [0.29, 0.717) is 0 Å². The van der Waals surface area contributed by atoms with Crippen LogP contribution in [0.1, 0.15) is 17.5 Å². The molecule has 2 atom stereocenters. The molecule has 5 aliphatic rings. The number of H-pyrrole nitrogens is 1. The third-order valence-corrected chi connectivity index (χ3v) is 6.47. The monoisotopic (exact) mass is 412 g/mol. The lowest BCUT2D eigenvalue weighted by molar-refractivity contribution is 0.699. The maximum Gasteiger partial charge on any atom is 0.0814 e. The van der Waals surface area contributed by atoms with Crippen molar-refractivity contribution in [1.82, 2.24) is 4.98 Å². The molecule has 32 heavy (non-hydrogen) atoms. The van der Waals surface area contributed by atoms with Gasteiger partial charge in [-0.05, 0) is 60.6 Å². The van der Waals surface area contributed by atoms with Gasteiger partial charge in [0.05, 0.1) is 34.6 Å². The largest absolute Gasteiger partial charge is 0.355 e. The molecule has 7 rings (SSSR count). The molecule has 4 heteroatoms. The second-order valence-corrected chi connectivity index (χ2v) is 8.55. The first-order valence-corrected chi connectivity index (χ1v) is 11.0. The van der Waals surface area contributed by atoms with Gasteiger partial charge < -0.3 is 4.98 Å². The summed E-state index contributed by atoms with van der Waals surface area (Å²) in [5.74, 6) is 0.257. The van der Waals surface area contributed by atoms with Crippen LogP contribution >= 0.6 is 0 Å². The van der Waals surface area contributed by atoms with Crippen LogP contribution in [-0.2, 0) is 0 Å². The number of rotatable bonds is 0. The number of allylic oxidation sites excluding steroid dienone is 5. The summed E-state index contributed by atoms with van der Waals surface area (Å²) in [6.45, 7) is 0. The standard InChI is InChI=1S/C28H20N4/c1-3-7-23-21(5-1)25-14-19-11-9-17(29-19)13-18-10-12-20(30-18)15-26-22-6-2-4-8-24(22)28(32-26)16-27(23)31-25/h1-3,5-16,22,26,29H,4H2. The topological polar surface area (TPSA) is 52.9 Å². The zero-order chi connectivity index (χ0) is 21.1. The number of aromatic amines is 1. The van der Waals surface area contributed by atoms with Crippen LogP contribution in [-0.4, -0.2) is 28.2 Å². The molecule has 1 aromatic heterocycles. The zero-order valence-electron chi connectivity index (χ0n) is 17.4. The Kier molecular flexibility index (Phi) is 3.70. The van der Waals surface area contributed by atoms with E-state index in [1.807, 2.05) is 0 Å². The van der Waals surface area contributed by atoms with Gasteiger partial charge >= 0.3 is 0 Å². The molecule has 2 aromatic rings. The minimum atomic E-state index is 0.0454. The van der Waals surface area contributed by atoms with Crippen molar-refractivity contribution in [2.24, 2.45) is 20.9 Å². The van der Waals surface area contributed by atoms with E-state index in [9.17, 15) is 0 Å². The van der Waals surface area contributed by atoms with Crippen molar-refractivity contribution in [3.63, 3.8) is 0 Å². The van der Waals surface area contributed by atoms with Crippen LogP contribution in [0.25, 0.3) is 17.8 Å². The van der Waals surface area contributed by atoms with Crippen LogP contribution in [0, 0.1) is 5.92 Å². The Bertz CT molecular complexity index is 1550. The number of nitrogens with one attached hydrogen (secondary N) is 1. The summed E-state index contributed by atoms with van der Waals surface area (Å²) in [6.07, 6.45) is 20.5. The van der Waals surface area contributed by atoms with E-state index in [4.69, 9.17) is 15.0 Å². The molecule has 5 heterocycles. The van der Waals surface area contributed by atoms with E-state index in [1.165, 1.54) is 5.57 Å². The lowest BCUT2D eigenvalue weighted by Crippen LogP contribution is -2.14. The molecule has 0 spiro atoms. The van der Waals surface area contributed by atoms with E-state index in [-0.39, 0.29) is 12.0 Å². The smallest absolute Gasteiger partial charge is 0.0814 e. The molecule has 4 aliphatic heterocycles. The number of hydrogen-bond acceptors (Lipinski definition) is 3. The highest BCUT2D eigenvalue weighted by Gasteiger charge is 2.32. The molecule has 1 aromatic carbocycles. The SMILES string of the molecule is C1=CC2C(=CC1)C1=NC2C=C2C=CC(=N2)C=c2ccc([nH]2)=CC2=NC(=C1)c1ccccc12. The fraction of sp³-hybridized carbons (Fsp3) is 0.107. The molecule has 152 valence electrons. The van der Waals surface area contributed by atoms with Crippen molar-refractivity contribution < 1.29 is 0 Å². The number of fused-ring (bicyclic) bond motifs is 11. The number of benzene rings is 1. The van der Waals surface area contributed by atoms with Gasteiger partial charge in [0.2, 0.25) is 0 Å². The Balaban J connectivity index is 1.49. The van der Waals surface area contributed by atoms with Crippen LogP contribution in [0.2, 0.25) is 0 Å². The molecule has 8 bridgehead atoms. The molecular formula is C28H20N4. The van der Waals surface area contributed by atoms with Gasteiger partial charge in [0.25, 0.3) is 0 Å². The highest BCUT2D eigenvalue weighted by molar-refractivity contribution is 6.28. The minimum absolute atomic E-state index is 0.0454. The van der Waals surface area contributed by atoms with Crippen molar-refractivity contribution in [3.05, 3.63) is 112 Å². The number of aromatic nitrogens is 1. The van der Waals surface area contributed by atoms with Crippen LogP contribution < -0.4 is 10.7 Å². The summed E-state index contributed by atoms with van der Waals surface area (Å²) in [4.78, 5) is 18.4. The predicted molar refractivity (Wildman–Crippen MR) is 131 cm³/mol. The average molecular weight is 412 g/mol. The lowest BCUT2D eigenvalue weighted by atomic mass is 9.87. The van der Waals surface area contributed by atoms with E-state index in [0.717, 1.165) is 56.8 Å². The van der Waals surface area contributed by atoms with Crippen LogP contribution in [0.5, 0.6) is 0 Å². The third-order valence-electron chi connectivity index (χ3n) is 6.47. The lowest BCUT2D eigenvalue weighted by Gasteiger charge is -2.16. The number of aliphatic imine (C=N–C) groups is 3. The second kappa shape index (κ2) is 6.72. The molecule has 4 nitrogen and oxygen atoms in total. The van der Waals surface area contributed by atoms with Gasteiger partial charge in [-0.1, -0.05) is 42.5 Å². The molecule has 0 amide bonds. The van der Waals surface area contributed by atoms with Crippen LogP contribution in [0.15, 0.2) is 105 Å². The van der Waals surface area contributed by atoms with Gasteiger partial charge in [0.15, 0.2) is 0 Å². The Morgan fingerprint density at radius 1 is 0.844 bits per heavy atom. The summed E-state index contributed by atoms with van der Waals surface area (Å²) < 4.78 is 0. The molecule has 1 N–H and O–H groups in total. The molecule has 1 aliphatic carbocycles. The van der Waals surface area contributed by atoms with Crippen molar-refractivity contribution in [1.29, 1.82) is 0 Å². The fourth-order valence-corrected chi connectivity index (χ4v) is 4.99. The maximum atomic E-state index is 5.13. The molecule has 2 unspecified atom stereocenters. The average Bonchev–Trinajstić information content (AvgIpc) is 3.58. The second-order valence-electron chi connectivity index (χ2n) is 8.55. The third kappa shape index (κ3) is 2.80. The van der Waals surface area contributed by atoms with Crippen molar-refractivity contribution in [3.8, 4) is 0 Å². The minimum Gasteiger partial charge on any atom is -0.355 e. The highest BCUT2D eigenvalue weighted by Crippen LogP contribution is 2.36. The predicted octanol–water partition coefficient (Wildman–Crippen LogP) is 3.65. The number of hydrogen-bond donors (Lipinski definition) is 1. The Hall–Kier alpha value is -4.05. The van der Waals surface area contributed by atoms with E-state index in [1.54, 1.807) is 0 Å². The summed E-state index contributed by atoms with van der Waals surface area (Å²) in [6, 6.07) is 12.6. The summed E-state index contributed by atoms with van der Waals surface area (Å²) >= 11 is 0. The van der Waals surface area contributed by atoms with E-state index >= 15 is 0 Å². The van der Waals surface area contributed by atoms with Crippen molar-refractivity contribution >= 4 is 35.0 Å². The van der Waals surface area contributed by atoms with Crippen molar-refractivity contribution in [2.75, 3.05) is 0 Å². The highest BCUT2D eigenvalue weighted by atomic mass is 14.9. The van der Waals surface area contributed by atoms with Crippen LogP contribution in [0.3, 0.4) is 0 Å². The van der Waals surface area contributed by atoms with Gasteiger partial charge in [-0.25, -0.2) is 9.98 Å². The normalized spacial score (nSPS) is 24.2. The molecule has 0 radical (unpaired) electrons. The van der Waals surface area contributed by atoms with Crippen molar-refractivity contribution in [2.45, 2.75) is 12.5 Å². The first-order chi connectivity index (χ1) is 15.8. The molecule has 0 saturated carbocycles. The summed E-state index contributed by atoms with van der Waals surface area (Å²) in [7, 11) is 0. The molecule has 0 saturated heterocycles. The van der Waals surface area contributed by atoms with E-state index < -0.39 is 0 Å². The van der Waals surface area contributed by atoms with Gasteiger partial charge in [-0.15, -0.1) is 0 Å². The molecule has 0 fully saturated rings. The Labute approximate surface area is 185 Å². The Morgan fingerprint density at radius 2 is 1.72 bits per heavy atom. The van der Waals surface area contributed by atoms with Gasteiger partial charge in [0.1, 0.15) is 0 Å². The molecular weight excluding hydrogens is 392 g/mol. The van der Waals surface area contributed by atoms with Gasteiger partial charge in [-0.3, -0.25) is 4.99 Å². The number of nitrogens with zero attached hydrogens (tertiary/aromatic N) is 3. The van der Waals surface area contributed by atoms with Gasteiger partial charge in [0, 0.05) is 27.7 Å². The van der Waals surface area contributed by atoms with Crippen LogP contribution in [0.4, 0.5) is 0 Å². The van der Waals surface area contributed by atoms with Gasteiger partial charge in [-0.2, -0.15) is 0 Å². The first-order valence-electron chi connectivity index (χ1n) is 11.0. The Morgan fingerprint density at radius 3 is 2.66 bits per heavy atom. The maximum absolute atomic E-state index is 5.13.